The van der Waals surface area contributed by atoms with Crippen molar-refractivity contribution in [1.29, 1.82) is 0 Å². The molecule has 1 atom stereocenters. The number of nitrogens with one attached hydrogen (secondary N) is 1. The van der Waals surface area contributed by atoms with Crippen molar-refractivity contribution in [3.8, 4) is 0 Å². The van der Waals surface area contributed by atoms with Crippen molar-refractivity contribution in [2.24, 2.45) is 5.92 Å². The van der Waals surface area contributed by atoms with Crippen molar-refractivity contribution in [3.05, 3.63) is 0 Å². The first-order valence-corrected chi connectivity index (χ1v) is 8.22. The summed E-state index contributed by atoms with van der Waals surface area (Å²) in [5.74, 6) is 0.627. The molecular formula is C11H23ClN2O2S. The molecule has 1 N–H and O–H groups in total. The lowest BCUT2D eigenvalue weighted by molar-refractivity contribution is 0.285. The quantitative estimate of drug-likeness (QED) is 0.757. The Morgan fingerprint density at radius 3 is 2.53 bits per heavy atom. The fourth-order valence-electron chi connectivity index (χ4n) is 1.93. The molecule has 0 amide bonds. The topological polar surface area (TPSA) is 49.4 Å². The summed E-state index contributed by atoms with van der Waals surface area (Å²) in [5.41, 5.74) is 0. The Kier molecular flexibility index (Phi) is 6.20. The van der Waals surface area contributed by atoms with Crippen LogP contribution >= 0.6 is 11.6 Å². The second-order valence-electron chi connectivity index (χ2n) is 4.82. The Morgan fingerprint density at radius 1 is 1.41 bits per heavy atom. The molecule has 0 spiro atoms. The van der Waals surface area contributed by atoms with Gasteiger partial charge in [0.25, 0.3) is 10.2 Å². The molecule has 0 radical (unpaired) electrons. The highest BCUT2D eigenvalue weighted by Gasteiger charge is 2.26. The maximum absolute atomic E-state index is 12.0. The molecule has 0 bridgehead atoms. The molecule has 1 rings (SSSR count). The van der Waals surface area contributed by atoms with E-state index in [4.69, 9.17) is 11.6 Å². The van der Waals surface area contributed by atoms with Crippen molar-refractivity contribution in [3.63, 3.8) is 0 Å². The van der Waals surface area contributed by atoms with E-state index in [0.29, 0.717) is 25.6 Å². The van der Waals surface area contributed by atoms with Gasteiger partial charge in [0, 0.05) is 25.0 Å². The molecule has 1 heterocycles. The van der Waals surface area contributed by atoms with Crippen LogP contribution in [0.5, 0.6) is 0 Å². The van der Waals surface area contributed by atoms with Crippen LogP contribution in [0.4, 0.5) is 0 Å². The summed E-state index contributed by atoms with van der Waals surface area (Å²) in [7, 11) is -3.32. The largest absolute Gasteiger partial charge is 0.279 e. The van der Waals surface area contributed by atoms with Gasteiger partial charge in [-0.2, -0.15) is 12.7 Å². The highest BCUT2D eigenvalue weighted by Crippen LogP contribution is 2.18. The summed E-state index contributed by atoms with van der Waals surface area (Å²) >= 11 is 6.00. The molecule has 6 heteroatoms. The molecule has 1 unspecified atom stereocenters. The maximum atomic E-state index is 12.0. The van der Waals surface area contributed by atoms with Crippen LogP contribution in [0.15, 0.2) is 0 Å². The van der Waals surface area contributed by atoms with Crippen molar-refractivity contribution < 1.29 is 8.42 Å². The van der Waals surface area contributed by atoms with Crippen LogP contribution in [-0.4, -0.2) is 37.7 Å². The van der Waals surface area contributed by atoms with E-state index in [1.807, 2.05) is 6.92 Å². The van der Waals surface area contributed by atoms with Crippen LogP contribution in [0.1, 0.15) is 39.5 Å². The lowest BCUT2D eigenvalue weighted by Crippen LogP contribution is -2.46. The second-order valence-corrected chi connectivity index (χ2v) is 7.19. The summed E-state index contributed by atoms with van der Waals surface area (Å²) in [6, 6.07) is 0. The molecule has 1 aliphatic heterocycles. The molecule has 0 aromatic rings. The van der Waals surface area contributed by atoms with Gasteiger partial charge in [0.2, 0.25) is 0 Å². The van der Waals surface area contributed by atoms with E-state index in [-0.39, 0.29) is 5.38 Å². The van der Waals surface area contributed by atoms with Gasteiger partial charge in [-0.15, -0.1) is 11.6 Å². The molecule has 1 saturated heterocycles. The van der Waals surface area contributed by atoms with Crippen LogP contribution in [0.3, 0.4) is 0 Å². The third-order valence-corrected chi connectivity index (χ3v) is 5.12. The van der Waals surface area contributed by atoms with Crippen molar-refractivity contribution >= 4 is 21.8 Å². The molecule has 0 aliphatic carbocycles. The van der Waals surface area contributed by atoms with Gasteiger partial charge < -0.3 is 0 Å². The molecule has 0 aromatic heterocycles. The first-order chi connectivity index (χ1) is 7.95. The number of hydrogen-bond donors (Lipinski definition) is 1. The maximum Gasteiger partial charge on any atom is 0.279 e. The number of rotatable bonds is 6. The van der Waals surface area contributed by atoms with E-state index in [2.05, 4.69) is 11.6 Å². The van der Waals surface area contributed by atoms with E-state index in [0.717, 1.165) is 25.7 Å². The third kappa shape index (κ3) is 5.12. The number of nitrogens with zero attached hydrogens (tertiary/aromatic N) is 1. The van der Waals surface area contributed by atoms with E-state index in [1.54, 1.807) is 0 Å². The standard InChI is InChI=1S/C11H23ClN2O2S/c1-3-4-11(12)9-13-17(15,16)14-7-5-10(2)6-8-14/h10-11,13H,3-9H2,1-2H3. The Morgan fingerprint density at radius 2 is 2.00 bits per heavy atom. The minimum atomic E-state index is -3.32. The molecule has 0 saturated carbocycles. The average molecular weight is 283 g/mol. The van der Waals surface area contributed by atoms with Gasteiger partial charge in [0.15, 0.2) is 0 Å². The van der Waals surface area contributed by atoms with Crippen molar-refractivity contribution in [1.82, 2.24) is 9.03 Å². The molecule has 1 aliphatic rings. The monoisotopic (exact) mass is 282 g/mol. The zero-order chi connectivity index (χ0) is 12.9. The van der Waals surface area contributed by atoms with Crippen LogP contribution in [0, 0.1) is 5.92 Å². The lowest BCUT2D eigenvalue weighted by Gasteiger charge is -2.29. The predicted molar refractivity (Wildman–Crippen MR) is 71.4 cm³/mol. The molecule has 102 valence electrons. The molecule has 1 fully saturated rings. The summed E-state index contributed by atoms with van der Waals surface area (Å²) < 4.78 is 28.0. The lowest BCUT2D eigenvalue weighted by atomic mass is 10.0. The van der Waals surface area contributed by atoms with Crippen LogP contribution < -0.4 is 4.72 Å². The van der Waals surface area contributed by atoms with E-state index in [9.17, 15) is 8.42 Å². The Hall–Kier alpha value is 0.160. The molecular weight excluding hydrogens is 260 g/mol. The molecule has 0 aromatic carbocycles. The van der Waals surface area contributed by atoms with Gasteiger partial charge in [0.1, 0.15) is 0 Å². The fourth-order valence-corrected chi connectivity index (χ4v) is 3.60. The zero-order valence-corrected chi connectivity index (χ0v) is 12.2. The SMILES string of the molecule is CCCC(Cl)CNS(=O)(=O)N1CCC(C)CC1. The van der Waals surface area contributed by atoms with Crippen molar-refractivity contribution in [2.75, 3.05) is 19.6 Å². The molecule has 4 nitrogen and oxygen atoms in total. The number of hydrogen-bond acceptors (Lipinski definition) is 2. The Labute approximate surface area is 110 Å². The number of piperidine rings is 1. The zero-order valence-electron chi connectivity index (χ0n) is 10.7. The van der Waals surface area contributed by atoms with E-state index < -0.39 is 10.2 Å². The highest BCUT2D eigenvalue weighted by atomic mass is 35.5. The van der Waals surface area contributed by atoms with Gasteiger partial charge in [-0.25, -0.2) is 4.72 Å². The number of alkyl halides is 1. The average Bonchev–Trinajstić information content (AvgIpc) is 2.28. The first kappa shape index (κ1) is 15.2. The van der Waals surface area contributed by atoms with Gasteiger partial charge in [-0.05, 0) is 25.2 Å². The minimum absolute atomic E-state index is 0.113. The van der Waals surface area contributed by atoms with Crippen molar-refractivity contribution in [2.45, 2.75) is 44.9 Å². The smallest absolute Gasteiger partial charge is 0.201 e. The predicted octanol–water partition coefficient (Wildman–Crippen LogP) is 1.96. The van der Waals surface area contributed by atoms with E-state index in [1.165, 1.54) is 4.31 Å². The fraction of sp³-hybridized carbons (Fsp3) is 1.00. The normalized spacial score (nSPS) is 21.6. The van der Waals surface area contributed by atoms with Gasteiger partial charge in [-0.3, -0.25) is 0 Å². The molecule has 17 heavy (non-hydrogen) atoms. The number of halogens is 1. The summed E-state index contributed by atoms with van der Waals surface area (Å²) in [5, 5.41) is -0.113. The second kappa shape index (κ2) is 6.92. The summed E-state index contributed by atoms with van der Waals surface area (Å²) in [6.07, 6.45) is 3.69. The summed E-state index contributed by atoms with van der Waals surface area (Å²) in [6.45, 7) is 5.77. The Bertz CT molecular complexity index is 313. The van der Waals surface area contributed by atoms with Gasteiger partial charge in [0.05, 0.1) is 0 Å². The van der Waals surface area contributed by atoms with Crippen LogP contribution in [0.25, 0.3) is 0 Å². The summed E-state index contributed by atoms with van der Waals surface area (Å²) in [4.78, 5) is 0. The van der Waals surface area contributed by atoms with Crippen LogP contribution in [-0.2, 0) is 10.2 Å². The third-order valence-electron chi connectivity index (χ3n) is 3.17. The minimum Gasteiger partial charge on any atom is -0.201 e. The van der Waals surface area contributed by atoms with Gasteiger partial charge >= 0.3 is 0 Å². The van der Waals surface area contributed by atoms with Crippen LogP contribution in [0.2, 0.25) is 0 Å². The highest BCUT2D eigenvalue weighted by molar-refractivity contribution is 7.87. The van der Waals surface area contributed by atoms with Gasteiger partial charge in [-0.1, -0.05) is 20.3 Å². The van der Waals surface area contributed by atoms with E-state index >= 15 is 0 Å². The first-order valence-electron chi connectivity index (χ1n) is 6.34. The Balaban J connectivity index is 2.40.